The van der Waals surface area contributed by atoms with Gasteiger partial charge in [0.05, 0.1) is 12.5 Å². The summed E-state index contributed by atoms with van der Waals surface area (Å²) in [6.45, 7) is 1.19. The quantitative estimate of drug-likeness (QED) is 0.908. The van der Waals surface area contributed by atoms with E-state index in [1.807, 2.05) is 0 Å². The van der Waals surface area contributed by atoms with E-state index in [1.54, 1.807) is 24.3 Å². The van der Waals surface area contributed by atoms with Crippen molar-refractivity contribution in [3.05, 3.63) is 34.3 Å². The maximum atomic E-state index is 12.4. The Labute approximate surface area is 105 Å². The number of benzene rings is 1. The second-order valence-corrected chi connectivity index (χ2v) is 4.45. The zero-order valence-electron chi connectivity index (χ0n) is 9.01. The van der Waals surface area contributed by atoms with Crippen molar-refractivity contribution >= 4 is 21.8 Å². The highest BCUT2D eigenvalue weighted by atomic mass is 79.9. The second kappa shape index (κ2) is 5.53. The molecule has 1 unspecified atom stereocenters. The highest BCUT2D eigenvalue weighted by Gasteiger charge is 2.33. The summed E-state index contributed by atoms with van der Waals surface area (Å²) < 4.78 is 37.8. The summed E-state index contributed by atoms with van der Waals surface area (Å²) in [7, 11) is 0. The third-order valence-corrected chi connectivity index (χ3v) is 2.82. The van der Waals surface area contributed by atoms with Crippen LogP contribution in [0.4, 0.5) is 13.2 Å². The van der Waals surface area contributed by atoms with Gasteiger partial charge in [-0.25, -0.2) is 0 Å². The summed E-state index contributed by atoms with van der Waals surface area (Å²) in [4.78, 5) is 10.9. The SMILES string of the molecule is CC(=O)NC(CC(F)(F)F)c1ccccc1Br. The number of carbonyl (C=O) groups is 1. The number of nitrogens with one attached hydrogen (secondary N) is 1. The van der Waals surface area contributed by atoms with Crippen LogP contribution in [-0.4, -0.2) is 12.1 Å². The molecule has 17 heavy (non-hydrogen) atoms. The van der Waals surface area contributed by atoms with Crippen molar-refractivity contribution in [1.82, 2.24) is 5.32 Å². The first-order valence-corrected chi connectivity index (χ1v) is 5.67. The Kier molecular flexibility index (Phi) is 4.56. The van der Waals surface area contributed by atoms with Crippen LogP contribution in [0.3, 0.4) is 0 Å². The Morgan fingerprint density at radius 3 is 2.47 bits per heavy atom. The van der Waals surface area contributed by atoms with E-state index in [-0.39, 0.29) is 0 Å². The van der Waals surface area contributed by atoms with E-state index in [2.05, 4.69) is 21.2 Å². The van der Waals surface area contributed by atoms with Crippen LogP contribution in [0.25, 0.3) is 0 Å². The minimum Gasteiger partial charge on any atom is -0.349 e. The topological polar surface area (TPSA) is 29.1 Å². The summed E-state index contributed by atoms with van der Waals surface area (Å²) in [6, 6.07) is 5.46. The van der Waals surface area contributed by atoms with Gasteiger partial charge in [-0.05, 0) is 11.6 Å². The highest BCUT2D eigenvalue weighted by Crippen LogP contribution is 2.32. The molecule has 0 aliphatic rings. The van der Waals surface area contributed by atoms with Crippen molar-refractivity contribution in [2.75, 3.05) is 0 Å². The largest absolute Gasteiger partial charge is 0.391 e. The van der Waals surface area contributed by atoms with Gasteiger partial charge in [-0.2, -0.15) is 13.2 Å². The normalized spacial score (nSPS) is 13.2. The van der Waals surface area contributed by atoms with Crippen molar-refractivity contribution in [3.8, 4) is 0 Å². The molecular weight excluding hydrogens is 299 g/mol. The molecule has 0 radical (unpaired) electrons. The molecule has 1 amide bonds. The van der Waals surface area contributed by atoms with E-state index in [0.29, 0.717) is 10.0 Å². The van der Waals surface area contributed by atoms with Gasteiger partial charge in [0, 0.05) is 11.4 Å². The summed E-state index contributed by atoms with van der Waals surface area (Å²) >= 11 is 3.18. The Morgan fingerprint density at radius 2 is 2.00 bits per heavy atom. The summed E-state index contributed by atoms with van der Waals surface area (Å²) in [6.07, 6.45) is -5.42. The van der Waals surface area contributed by atoms with Crippen LogP contribution >= 0.6 is 15.9 Å². The minimum absolute atomic E-state index is 0.417. The smallest absolute Gasteiger partial charge is 0.349 e. The molecule has 0 aliphatic carbocycles. The highest BCUT2D eigenvalue weighted by molar-refractivity contribution is 9.10. The van der Waals surface area contributed by atoms with Gasteiger partial charge < -0.3 is 5.32 Å². The standard InChI is InChI=1S/C11H11BrF3NO/c1-7(17)16-10(6-11(13,14)15)8-4-2-3-5-9(8)12/h2-5,10H,6H2,1H3,(H,16,17). The average Bonchev–Trinajstić information content (AvgIpc) is 2.14. The number of carbonyl (C=O) groups excluding carboxylic acids is 1. The molecule has 0 saturated carbocycles. The summed E-state index contributed by atoms with van der Waals surface area (Å²) in [5.74, 6) is -0.491. The minimum atomic E-state index is -4.33. The molecule has 0 heterocycles. The van der Waals surface area contributed by atoms with Crippen molar-refractivity contribution in [2.24, 2.45) is 0 Å². The van der Waals surface area contributed by atoms with Gasteiger partial charge in [0.15, 0.2) is 0 Å². The lowest BCUT2D eigenvalue weighted by Gasteiger charge is -2.21. The molecule has 0 bridgehead atoms. The molecule has 1 N–H and O–H groups in total. The molecular formula is C11H11BrF3NO. The van der Waals surface area contributed by atoms with Gasteiger partial charge in [-0.15, -0.1) is 0 Å². The predicted octanol–water partition coefficient (Wildman–Crippen LogP) is 3.58. The number of alkyl halides is 3. The van der Waals surface area contributed by atoms with E-state index < -0.39 is 24.5 Å². The molecule has 1 rings (SSSR count). The Bertz CT molecular complexity index is 406. The third kappa shape index (κ3) is 4.77. The Morgan fingerprint density at radius 1 is 1.41 bits per heavy atom. The second-order valence-electron chi connectivity index (χ2n) is 3.59. The fourth-order valence-corrected chi connectivity index (χ4v) is 2.03. The Balaban J connectivity index is 2.98. The average molecular weight is 310 g/mol. The molecule has 1 aromatic rings. The number of hydrogen-bond acceptors (Lipinski definition) is 1. The number of rotatable bonds is 3. The lowest BCUT2D eigenvalue weighted by Crippen LogP contribution is -2.30. The fourth-order valence-electron chi connectivity index (χ4n) is 1.47. The van der Waals surface area contributed by atoms with E-state index in [9.17, 15) is 18.0 Å². The maximum Gasteiger partial charge on any atom is 0.391 e. The number of hydrogen-bond donors (Lipinski definition) is 1. The van der Waals surface area contributed by atoms with E-state index in [0.717, 1.165) is 0 Å². The molecule has 1 atom stereocenters. The van der Waals surface area contributed by atoms with Crippen molar-refractivity contribution in [3.63, 3.8) is 0 Å². The van der Waals surface area contributed by atoms with Gasteiger partial charge in [0.1, 0.15) is 0 Å². The molecule has 0 aliphatic heterocycles. The summed E-state index contributed by atoms with van der Waals surface area (Å²) in [5.41, 5.74) is 0.417. The lowest BCUT2D eigenvalue weighted by atomic mass is 10.0. The van der Waals surface area contributed by atoms with Gasteiger partial charge in [-0.3, -0.25) is 4.79 Å². The van der Waals surface area contributed by atoms with Crippen LogP contribution in [0.1, 0.15) is 24.9 Å². The van der Waals surface area contributed by atoms with Crippen molar-refractivity contribution in [1.29, 1.82) is 0 Å². The van der Waals surface area contributed by atoms with Gasteiger partial charge in [0.25, 0.3) is 0 Å². The van der Waals surface area contributed by atoms with Crippen LogP contribution in [0.15, 0.2) is 28.7 Å². The first-order chi connectivity index (χ1) is 7.79. The van der Waals surface area contributed by atoms with Crippen LogP contribution in [0.2, 0.25) is 0 Å². The van der Waals surface area contributed by atoms with E-state index in [4.69, 9.17) is 0 Å². The van der Waals surface area contributed by atoms with Gasteiger partial charge in [-0.1, -0.05) is 34.1 Å². The molecule has 0 aromatic heterocycles. The molecule has 94 valence electrons. The molecule has 1 aromatic carbocycles. The maximum absolute atomic E-state index is 12.4. The molecule has 6 heteroatoms. The van der Waals surface area contributed by atoms with E-state index >= 15 is 0 Å². The monoisotopic (exact) mass is 309 g/mol. The fraction of sp³-hybridized carbons (Fsp3) is 0.364. The first kappa shape index (κ1) is 14.0. The zero-order valence-corrected chi connectivity index (χ0v) is 10.6. The Hall–Kier alpha value is -1.04. The molecule has 0 spiro atoms. The third-order valence-electron chi connectivity index (χ3n) is 2.09. The molecule has 0 fully saturated rings. The van der Waals surface area contributed by atoms with E-state index in [1.165, 1.54) is 6.92 Å². The van der Waals surface area contributed by atoms with Crippen molar-refractivity contribution in [2.45, 2.75) is 25.6 Å². The van der Waals surface area contributed by atoms with Crippen LogP contribution in [-0.2, 0) is 4.79 Å². The van der Waals surface area contributed by atoms with Crippen LogP contribution < -0.4 is 5.32 Å². The van der Waals surface area contributed by atoms with Crippen LogP contribution in [0, 0.1) is 0 Å². The summed E-state index contributed by atoms with van der Waals surface area (Å²) in [5, 5.41) is 2.30. The van der Waals surface area contributed by atoms with Crippen LogP contribution in [0.5, 0.6) is 0 Å². The van der Waals surface area contributed by atoms with Gasteiger partial charge in [0.2, 0.25) is 5.91 Å². The van der Waals surface area contributed by atoms with Gasteiger partial charge >= 0.3 is 6.18 Å². The molecule has 2 nitrogen and oxygen atoms in total. The predicted molar refractivity (Wildman–Crippen MR) is 61.4 cm³/mol. The lowest BCUT2D eigenvalue weighted by molar-refractivity contribution is -0.142. The first-order valence-electron chi connectivity index (χ1n) is 4.88. The number of amides is 1. The number of halogens is 4. The zero-order chi connectivity index (χ0) is 13.1. The molecule has 0 saturated heterocycles. The van der Waals surface area contributed by atoms with Crippen molar-refractivity contribution < 1.29 is 18.0 Å².